The molecule has 0 saturated heterocycles. The zero-order valence-electron chi connectivity index (χ0n) is 17.4. The Labute approximate surface area is 181 Å². The Morgan fingerprint density at radius 2 is 1.62 bits per heavy atom. The average molecular weight is 424 g/mol. The second kappa shape index (κ2) is 8.73. The lowest BCUT2D eigenvalue weighted by Gasteiger charge is -2.38. The van der Waals surface area contributed by atoms with Crippen molar-refractivity contribution in [2.45, 2.75) is 53.7 Å². The van der Waals surface area contributed by atoms with Gasteiger partial charge in [0.25, 0.3) is 0 Å². The van der Waals surface area contributed by atoms with Crippen molar-refractivity contribution in [2.24, 2.45) is 10.8 Å². The molecule has 1 heterocycles. The summed E-state index contributed by atoms with van der Waals surface area (Å²) in [5.41, 5.74) is -0.919. The molecule has 2 aromatic carbocycles. The lowest BCUT2D eigenvalue weighted by Crippen LogP contribution is -2.40. The smallest absolute Gasteiger partial charge is 0.313 e. The predicted octanol–water partition coefficient (Wildman–Crippen LogP) is 6.32. The van der Waals surface area contributed by atoms with E-state index in [-0.39, 0.29) is 28.9 Å². The number of ether oxygens (including phenoxy) is 1. The molecule has 0 spiro atoms. The normalized spacial score (nSPS) is 14.2. The molecule has 2 nitrogen and oxygen atoms in total. The molecule has 0 saturated carbocycles. The SMILES string of the molecule is C#CCOC(=O)C(C)(C)C(C)(C)C/C=C/[S+]1c2ccccc2Sc2ccccc21. The van der Waals surface area contributed by atoms with E-state index in [1.807, 2.05) is 25.6 Å². The van der Waals surface area contributed by atoms with Gasteiger partial charge in [0.2, 0.25) is 0 Å². The molecule has 0 atom stereocenters. The highest BCUT2D eigenvalue weighted by Crippen LogP contribution is 2.47. The molecule has 0 amide bonds. The summed E-state index contributed by atoms with van der Waals surface area (Å²) in [6, 6.07) is 17.2. The first-order chi connectivity index (χ1) is 13.8. The van der Waals surface area contributed by atoms with Crippen molar-refractivity contribution in [2.75, 3.05) is 6.61 Å². The van der Waals surface area contributed by atoms with Gasteiger partial charge in [-0.3, -0.25) is 4.79 Å². The van der Waals surface area contributed by atoms with Gasteiger partial charge in [-0.15, -0.1) is 6.42 Å². The van der Waals surface area contributed by atoms with Crippen LogP contribution in [-0.2, 0) is 20.4 Å². The molecular weight excluding hydrogens is 396 g/mol. The van der Waals surface area contributed by atoms with Crippen LogP contribution in [0.4, 0.5) is 0 Å². The van der Waals surface area contributed by atoms with Gasteiger partial charge in [0, 0.05) is 0 Å². The van der Waals surface area contributed by atoms with Crippen molar-refractivity contribution < 1.29 is 9.53 Å². The summed E-state index contributed by atoms with van der Waals surface area (Å²) in [4.78, 5) is 17.9. The minimum Gasteiger partial charge on any atom is -0.452 e. The molecule has 29 heavy (non-hydrogen) atoms. The van der Waals surface area contributed by atoms with E-state index in [1.54, 1.807) is 0 Å². The Morgan fingerprint density at radius 3 is 2.17 bits per heavy atom. The van der Waals surface area contributed by atoms with E-state index in [1.165, 1.54) is 19.6 Å². The van der Waals surface area contributed by atoms with E-state index in [0.717, 1.165) is 6.42 Å². The summed E-state index contributed by atoms with van der Waals surface area (Å²) in [5.74, 6) is 2.12. The minimum atomic E-state index is -0.643. The van der Waals surface area contributed by atoms with Gasteiger partial charge >= 0.3 is 5.97 Å². The van der Waals surface area contributed by atoms with Gasteiger partial charge in [0.15, 0.2) is 16.4 Å². The summed E-state index contributed by atoms with van der Waals surface area (Å²) in [7, 11) is -0.116. The maximum atomic E-state index is 12.5. The first-order valence-corrected chi connectivity index (χ1v) is 11.7. The maximum absolute atomic E-state index is 12.5. The number of rotatable bonds is 6. The highest BCUT2D eigenvalue weighted by molar-refractivity contribution is 8.05. The molecular formula is C25H27O2S2+. The Bertz CT molecular complexity index is 921. The van der Waals surface area contributed by atoms with Gasteiger partial charge in [-0.05, 0) is 56.0 Å². The maximum Gasteiger partial charge on any atom is 0.313 e. The monoisotopic (exact) mass is 423 g/mol. The van der Waals surface area contributed by atoms with Gasteiger partial charge in [0.1, 0.15) is 5.41 Å². The van der Waals surface area contributed by atoms with Crippen molar-refractivity contribution in [3.05, 3.63) is 60.0 Å². The van der Waals surface area contributed by atoms with Gasteiger partial charge in [-0.1, -0.05) is 55.8 Å². The number of allylic oxidation sites excluding steroid dienone is 1. The minimum absolute atomic E-state index is 0.0167. The highest BCUT2D eigenvalue weighted by atomic mass is 32.2. The van der Waals surface area contributed by atoms with E-state index in [4.69, 9.17) is 11.2 Å². The lowest BCUT2D eigenvalue weighted by molar-refractivity contribution is -0.159. The molecule has 4 heteroatoms. The average Bonchev–Trinajstić information content (AvgIpc) is 2.71. The fraction of sp³-hybridized carbons (Fsp3) is 0.320. The fourth-order valence-electron chi connectivity index (χ4n) is 3.07. The molecule has 2 aromatic rings. The second-order valence-corrected chi connectivity index (χ2v) is 11.1. The van der Waals surface area contributed by atoms with E-state index >= 15 is 0 Å². The Kier molecular flexibility index (Phi) is 6.51. The summed E-state index contributed by atoms with van der Waals surface area (Å²) in [6.07, 6.45) is 8.23. The van der Waals surface area contributed by atoms with Gasteiger partial charge in [-0.25, -0.2) is 0 Å². The molecule has 1 aliphatic rings. The lowest BCUT2D eigenvalue weighted by atomic mass is 9.66. The van der Waals surface area contributed by atoms with Crippen LogP contribution >= 0.6 is 11.8 Å². The van der Waals surface area contributed by atoms with E-state index in [9.17, 15) is 4.79 Å². The van der Waals surface area contributed by atoms with Crippen LogP contribution in [0.3, 0.4) is 0 Å². The topological polar surface area (TPSA) is 26.3 Å². The van der Waals surface area contributed by atoms with E-state index < -0.39 is 5.41 Å². The summed E-state index contributed by atoms with van der Waals surface area (Å²) < 4.78 is 5.23. The van der Waals surface area contributed by atoms with Crippen molar-refractivity contribution in [3.8, 4) is 12.3 Å². The van der Waals surface area contributed by atoms with E-state index in [2.05, 4.69) is 79.8 Å². The first-order valence-electron chi connectivity index (χ1n) is 9.64. The van der Waals surface area contributed by atoms with Crippen molar-refractivity contribution in [1.82, 2.24) is 0 Å². The third-order valence-corrected chi connectivity index (χ3v) is 9.28. The number of terminal acetylenes is 1. The molecule has 0 aliphatic carbocycles. The predicted molar refractivity (Wildman–Crippen MR) is 122 cm³/mol. The molecule has 0 bridgehead atoms. The largest absolute Gasteiger partial charge is 0.452 e. The van der Waals surface area contributed by atoms with Crippen LogP contribution in [0.5, 0.6) is 0 Å². The summed E-state index contributed by atoms with van der Waals surface area (Å²) >= 11 is 1.84. The third kappa shape index (κ3) is 4.42. The van der Waals surface area contributed by atoms with Crippen LogP contribution in [0.1, 0.15) is 34.1 Å². The molecule has 0 N–H and O–H groups in total. The molecule has 3 rings (SSSR count). The van der Waals surface area contributed by atoms with Crippen LogP contribution in [0.2, 0.25) is 0 Å². The number of hydrogen-bond donors (Lipinski definition) is 0. The number of benzene rings is 2. The Morgan fingerprint density at radius 1 is 1.07 bits per heavy atom. The van der Waals surface area contributed by atoms with Gasteiger partial charge in [-0.2, -0.15) is 0 Å². The number of hydrogen-bond acceptors (Lipinski definition) is 3. The summed E-state index contributed by atoms with van der Waals surface area (Å²) in [5, 5.41) is 2.31. The van der Waals surface area contributed by atoms with Crippen LogP contribution in [0.15, 0.2) is 79.6 Å². The molecule has 0 unspecified atom stereocenters. The summed E-state index contributed by atoms with van der Waals surface area (Å²) in [6.45, 7) is 8.10. The number of esters is 1. The van der Waals surface area contributed by atoms with Gasteiger partial charge < -0.3 is 4.74 Å². The van der Waals surface area contributed by atoms with Crippen molar-refractivity contribution in [1.29, 1.82) is 0 Å². The molecule has 0 aromatic heterocycles. The quantitative estimate of drug-likeness (QED) is 0.309. The van der Waals surface area contributed by atoms with Crippen LogP contribution in [0, 0.1) is 23.2 Å². The van der Waals surface area contributed by atoms with Crippen molar-refractivity contribution >= 4 is 28.6 Å². The number of fused-ring (bicyclic) bond motifs is 2. The Balaban J connectivity index is 1.83. The van der Waals surface area contributed by atoms with Crippen LogP contribution in [0.25, 0.3) is 0 Å². The fourth-order valence-corrected chi connectivity index (χ4v) is 6.57. The first kappa shape index (κ1) is 21.6. The zero-order chi connectivity index (χ0) is 21.1. The molecule has 0 radical (unpaired) electrons. The highest BCUT2D eigenvalue weighted by Gasteiger charge is 2.44. The van der Waals surface area contributed by atoms with Crippen LogP contribution < -0.4 is 0 Å². The third-order valence-electron chi connectivity index (χ3n) is 5.74. The second-order valence-electron chi connectivity index (χ2n) is 8.20. The zero-order valence-corrected chi connectivity index (χ0v) is 19.0. The Hall–Kier alpha value is -2.09. The van der Waals surface area contributed by atoms with E-state index in [0.29, 0.717) is 0 Å². The van der Waals surface area contributed by atoms with Crippen molar-refractivity contribution in [3.63, 3.8) is 0 Å². The standard InChI is InChI=1S/C25H27O2S2/c1-6-17-27-23(26)25(4,5)24(2,3)16-11-18-29-21-14-9-7-12-19(21)28-20-13-8-10-15-22(20)29/h1,7-15,18H,16-17H2,2-5H3/q+1/b18-11+. The number of carbonyl (C=O) groups excluding carboxylic acids is 1. The molecule has 150 valence electrons. The van der Waals surface area contributed by atoms with Gasteiger partial charge in [0.05, 0.1) is 26.1 Å². The molecule has 1 aliphatic heterocycles. The molecule has 0 fully saturated rings. The van der Waals surface area contributed by atoms with Crippen LogP contribution in [-0.4, -0.2) is 12.6 Å². The number of carbonyl (C=O) groups is 1.